The van der Waals surface area contributed by atoms with Crippen LogP contribution in [0.4, 0.5) is 23.2 Å². The van der Waals surface area contributed by atoms with Gasteiger partial charge in [-0.15, -0.1) is 11.8 Å². The lowest BCUT2D eigenvalue weighted by atomic mass is 10.1. The zero-order valence-electron chi connectivity index (χ0n) is 15.1. The maximum Gasteiger partial charge on any atom is 0.405 e. The molecule has 0 aliphatic rings. The summed E-state index contributed by atoms with van der Waals surface area (Å²) in [5, 5.41) is 4.28. The van der Waals surface area contributed by atoms with Crippen LogP contribution in [0.1, 0.15) is 27.6 Å². The van der Waals surface area contributed by atoms with E-state index in [9.17, 15) is 31.9 Å². The van der Waals surface area contributed by atoms with Crippen molar-refractivity contribution in [1.29, 1.82) is 0 Å². The fourth-order valence-electron chi connectivity index (χ4n) is 2.16. The lowest BCUT2D eigenvalue weighted by Gasteiger charge is -2.09. The number of carbonyl (C=O) groups is 3. The normalized spacial score (nSPS) is 11.1. The largest absolute Gasteiger partial charge is 0.405 e. The molecule has 2 rings (SSSR count). The molecule has 0 bridgehead atoms. The molecule has 0 unspecified atom stereocenters. The van der Waals surface area contributed by atoms with Crippen molar-refractivity contribution < 1.29 is 31.9 Å². The van der Waals surface area contributed by atoms with E-state index in [0.29, 0.717) is 5.69 Å². The number of benzene rings is 2. The molecule has 0 aromatic heterocycles. The first-order valence-electron chi connectivity index (χ1n) is 8.23. The maximum absolute atomic E-state index is 13.9. The van der Waals surface area contributed by atoms with Crippen molar-refractivity contribution in [3.8, 4) is 0 Å². The van der Waals surface area contributed by atoms with Gasteiger partial charge in [0.2, 0.25) is 5.91 Å². The number of rotatable bonds is 7. The lowest BCUT2D eigenvalue weighted by Crippen LogP contribution is -2.33. The summed E-state index contributed by atoms with van der Waals surface area (Å²) in [6, 6.07) is 9.27. The first-order chi connectivity index (χ1) is 13.5. The molecule has 2 aromatic rings. The van der Waals surface area contributed by atoms with Crippen molar-refractivity contribution in [1.82, 2.24) is 5.32 Å². The van der Waals surface area contributed by atoms with Crippen molar-refractivity contribution >= 4 is 35.0 Å². The fraction of sp³-hybridized carbons (Fsp3) is 0.211. The van der Waals surface area contributed by atoms with Crippen LogP contribution in [-0.2, 0) is 4.79 Å². The molecule has 2 aromatic carbocycles. The third-order valence-corrected chi connectivity index (χ3v) is 4.63. The summed E-state index contributed by atoms with van der Waals surface area (Å²) in [5.74, 6) is -2.32. The quantitative estimate of drug-likeness (QED) is 0.396. The van der Waals surface area contributed by atoms with Crippen molar-refractivity contribution in [3.05, 3.63) is 59.4 Å². The topological polar surface area (TPSA) is 75.3 Å². The first-order valence-corrected chi connectivity index (χ1v) is 9.22. The number of halogens is 4. The van der Waals surface area contributed by atoms with Crippen LogP contribution in [0.15, 0.2) is 47.4 Å². The van der Waals surface area contributed by atoms with Crippen LogP contribution in [0, 0.1) is 5.82 Å². The van der Waals surface area contributed by atoms with Gasteiger partial charge in [-0.05, 0) is 43.3 Å². The van der Waals surface area contributed by atoms with Gasteiger partial charge in [-0.2, -0.15) is 13.2 Å². The van der Waals surface area contributed by atoms with Crippen LogP contribution in [0.2, 0.25) is 0 Å². The highest BCUT2D eigenvalue weighted by Gasteiger charge is 2.27. The predicted octanol–water partition coefficient (Wildman–Crippen LogP) is 4.05. The number of amides is 2. The summed E-state index contributed by atoms with van der Waals surface area (Å²) in [6.45, 7) is -0.119. The molecule has 0 heterocycles. The maximum atomic E-state index is 13.9. The molecule has 10 heteroatoms. The van der Waals surface area contributed by atoms with Gasteiger partial charge < -0.3 is 10.6 Å². The molecule has 0 spiro atoms. The molecular weight excluding hydrogens is 412 g/mol. The minimum absolute atomic E-state index is 0.00857. The van der Waals surface area contributed by atoms with Gasteiger partial charge >= 0.3 is 6.18 Å². The highest BCUT2D eigenvalue weighted by Crippen LogP contribution is 2.23. The number of thioether (sulfide) groups is 1. The average molecular weight is 428 g/mol. The number of ketones is 1. The van der Waals surface area contributed by atoms with E-state index in [4.69, 9.17) is 0 Å². The standard InChI is InChI=1S/C19H16F4N2O3S/c1-11(26)13-4-7-16(15(20)8-13)29-9-17(27)25-14-5-2-12(3-6-14)18(28)24-10-19(21,22)23/h2-8H,9-10H2,1H3,(H,24,28)(H,25,27). The second-order valence-electron chi connectivity index (χ2n) is 5.91. The SMILES string of the molecule is CC(=O)c1ccc(SCC(=O)Nc2ccc(C(=O)NCC(F)(F)F)cc2)c(F)c1. The second-order valence-corrected chi connectivity index (χ2v) is 6.93. The van der Waals surface area contributed by atoms with E-state index in [0.717, 1.165) is 17.8 Å². The van der Waals surface area contributed by atoms with E-state index in [-0.39, 0.29) is 27.6 Å². The minimum Gasteiger partial charge on any atom is -0.343 e. The zero-order valence-corrected chi connectivity index (χ0v) is 15.9. The van der Waals surface area contributed by atoms with E-state index in [1.807, 2.05) is 0 Å². The summed E-state index contributed by atoms with van der Waals surface area (Å²) >= 11 is 0.943. The van der Waals surface area contributed by atoms with E-state index < -0.39 is 30.4 Å². The molecule has 0 saturated heterocycles. The molecular formula is C19H16F4N2O3S. The predicted molar refractivity (Wildman–Crippen MR) is 101 cm³/mol. The second kappa shape index (κ2) is 9.55. The Morgan fingerprint density at radius 2 is 1.62 bits per heavy atom. The first kappa shape index (κ1) is 22.4. The molecule has 2 amide bonds. The Bertz CT molecular complexity index is 915. The molecule has 0 aliphatic heterocycles. The van der Waals surface area contributed by atoms with Crippen LogP contribution < -0.4 is 10.6 Å². The zero-order chi connectivity index (χ0) is 21.6. The number of anilines is 1. The monoisotopic (exact) mass is 428 g/mol. The van der Waals surface area contributed by atoms with Crippen LogP contribution in [0.25, 0.3) is 0 Å². The molecule has 0 fully saturated rings. The van der Waals surface area contributed by atoms with Crippen LogP contribution in [0.3, 0.4) is 0 Å². The summed E-state index contributed by atoms with van der Waals surface area (Å²) < 4.78 is 50.3. The molecule has 5 nitrogen and oxygen atoms in total. The summed E-state index contributed by atoms with van der Waals surface area (Å²) in [5.41, 5.74) is 0.570. The van der Waals surface area contributed by atoms with E-state index in [1.165, 1.54) is 43.3 Å². The molecule has 29 heavy (non-hydrogen) atoms. The van der Waals surface area contributed by atoms with Crippen molar-refractivity contribution in [3.63, 3.8) is 0 Å². The van der Waals surface area contributed by atoms with Crippen molar-refractivity contribution in [2.75, 3.05) is 17.6 Å². The Labute approximate surface area is 167 Å². The highest BCUT2D eigenvalue weighted by molar-refractivity contribution is 8.00. The third-order valence-electron chi connectivity index (χ3n) is 3.58. The van der Waals surface area contributed by atoms with E-state index >= 15 is 0 Å². The average Bonchev–Trinajstić information content (AvgIpc) is 2.65. The van der Waals surface area contributed by atoms with Crippen LogP contribution >= 0.6 is 11.8 Å². The molecule has 0 aliphatic carbocycles. The van der Waals surface area contributed by atoms with Gasteiger partial charge in [-0.1, -0.05) is 6.07 Å². The lowest BCUT2D eigenvalue weighted by molar-refractivity contribution is -0.123. The van der Waals surface area contributed by atoms with Gasteiger partial charge in [0.05, 0.1) is 5.75 Å². The fourth-order valence-corrected chi connectivity index (χ4v) is 2.88. The van der Waals surface area contributed by atoms with Gasteiger partial charge in [-0.3, -0.25) is 14.4 Å². The van der Waals surface area contributed by atoms with Gasteiger partial charge in [-0.25, -0.2) is 4.39 Å². The molecule has 2 N–H and O–H groups in total. The number of hydrogen-bond donors (Lipinski definition) is 2. The van der Waals surface area contributed by atoms with E-state index in [2.05, 4.69) is 5.32 Å². The molecule has 154 valence electrons. The number of nitrogens with one attached hydrogen (secondary N) is 2. The van der Waals surface area contributed by atoms with Crippen LogP contribution in [0.5, 0.6) is 0 Å². The number of alkyl halides is 3. The minimum atomic E-state index is -4.51. The van der Waals surface area contributed by atoms with E-state index in [1.54, 1.807) is 5.32 Å². The van der Waals surface area contributed by atoms with Gasteiger partial charge in [0, 0.05) is 21.7 Å². The van der Waals surface area contributed by atoms with Gasteiger partial charge in [0.25, 0.3) is 5.91 Å². The van der Waals surface area contributed by atoms with Crippen molar-refractivity contribution in [2.24, 2.45) is 0 Å². The summed E-state index contributed by atoms with van der Waals surface area (Å²) in [4.78, 5) is 35.0. The van der Waals surface area contributed by atoms with Crippen LogP contribution in [-0.4, -0.2) is 36.1 Å². The molecule has 0 saturated carbocycles. The Balaban J connectivity index is 1.88. The Kier molecular flexibility index (Phi) is 7.38. The van der Waals surface area contributed by atoms with Gasteiger partial charge in [0.15, 0.2) is 5.78 Å². The highest BCUT2D eigenvalue weighted by atomic mass is 32.2. The molecule has 0 radical (unpaired) electrons. The Hall–Kier alpha value is -2.88. The third kappa shape index (κ3) is 7.22. The van der Waals surface area contributed by atoms with Gasteiger partial charge in [0.1, 0.15) is 12.4 Å². The smallest absolute Gasteiger partial charge is 0.343 e. The summed E-state index contributed by atoms with van der Waals surface area (Å²) in [7, 11) is 0. The molecule has 0 atom stereocenters. The number of hydrogen-bond acceptors (Lipinski definition) is 4. The Morgan fingerprint density at radius 1 is 1.00 bits per heavy atom. The summed E-state index contributed by atoms with van der Waals surface area (Å²) in [6.07, 6.45) is -4.51. The van der Waals surface area contributed by atoms with Crippen molar-refractivity contribution in [2.45, 2.75) is 18.0 Å². The Morgan fingerprint density at radius 3 is 2.17 bits per heavy atom. The number of carbonyl (C=O) groups excluding carboxylic acids is 3. The number of Topliss-reactive ketones (excluding diaryl/α,β-unsaturated/α-hetero) is 1.